The number of hydrogen-bond donors (Lipinski definition) is 2. The van der Waals surface area contributed by atoms with Gasteiger partial charge >= 0.3 is 0 Å². The highest BCUT2D eigenvalue weighted by molar-refractivity contribution is 4.64. The molecule has 0 aromatic heterocycles. The van der Waals surface area contributed by atoms with E-state index < -0.39 is 0 Å². The highest BCUT2D eigenvalue weighted by Gasteiger charge is 2.10. The Labute approximate surface area is 75.5 Å². The summed E-state index contributed by atoms with van der Waals surface area (Å²) in [5, 5.41) is 2.12. The minimum absolute atomic E-state index is 0.577. The van der Waals surface area contributed by atoms with E-state index in [1.54, 1.807) is 0 Å². The molecule has 72 valence electrons. The van der Waals surface area contributed by atoms with Gasteiger partial charge < -0.3 is 0 Å². The van der Waals surface area contributed by atoms with Crippen molar-refractivity contribution in [1.29, 1.82) is 0 Å². The lowest BCUT2D eigenvalue weighted by Gasteiger charge is -2.19. The van der Waals surface area contributed by atoms with E-state index in [2.05, 4.69) is 36.9 Å². The second-order valence-corrected chi connectivity index (χ2v) is 4.05. The molecule has 3 nitrogen and oxygen atoms in total. The Morgan fingerprint density at radius 3 is 2.67 bits per heavy atom. The van der Waals surface area contributed by atoms with Crippen molar-refractivity contribution in [1.82, 2.24) is 16.0 Å². The quantitative estimate of drug-likeness (QED) is 0.572. The van der Waals surface area contributed by atoms with Crippen LogP contribution in [0.2, 0.25) is 0 Å². The zero-order chi connectivity index (χ0) is 8.97. The van der Waals surface area contributed by atoms with E-state index in [9.17, 15) is 0 Å². The number of nitrogens with one attached hydrogen (secondary N) is 2. The maximum atomic E-state index is 3.27. The Kier molecular flexibility index (Phi) is 3.98. The van der Waals surface area contributed by atoms with Crippen LogP contribution in [-0.2, 0) is 0 Å². The average Bonchev–Trinajstić information content (AvgIpc) is 2.11. The predicted molar refractivity (Wildman–Crippen MR) is 51.4 cm³/mol. The molecule has 2 unspecified atom stereocenters. The third-order valence-electron chi connectivity index (χ3n) is 2.55. The van der Waals surface area contributed by atoms with Crippen molar-refractivity contribution in [3.63, 3.8) is 0 Å². The van der Waals surface area contributed by atoms with Crippen molar-refractivity contribution in [2.75, 3.05) is 13.6 Å². The summed E-state index contributed by atoms with van der Waals surface area (Å²) in [7, 11) is 2.08. The third kappa shape index (κ3) is 3.52. The molecule has 0 aliphatic carbocycles. The highest BCUT2D eigenvalue weighted by Crippen LogP contribution is 2.12. The van der Waals surface area contributed by atoms with E-state index in [1.807, 2.05) is 0 Å². The summed E-state index contributed by atoms with van der Waals surface area (Å²) < 4.78 is 0. The molecule has 1 saturated heterocycles. The molecule has 0 spiro atoms. The van der Waals surface area contributed by atoms with E-state index in [0.717, 1.165) is 12.5 Å². The van der Waals surface area contributed by atoms with E-state index in [4.69, 9.17) is 0 Å². The molecule has 1 heterocycles. The van der Waals surface area contributed by atoms with Gasteiger partial charge in [-0.05, 0) is 32.1 Å². The maximum Gasteiger partial charge on any atom is 0.0198 e. The van der Waals surface area contributed by atoms with Gasteiger partial charge in [-0.25, -0.2) is 10.4 Å². The van der Waals surface area contributed by atoms with Crippen LogP contribution in [0.3, 0.4) is 0 Å². The predicted octanol–water partition coefficient (Wildman–Crippen LogP) is 1.14. The fraction of sp³-hybridized carbons (Fsp3) is 1.00. The topological polar surface area (TPSA) is 27.3 Å². The van der Waals surface area contributed by atoms with Crippen molar-refractivity contribution >= 4 is 0 Å². The summed E-state index contributed by atoms with van der Waals surface area (Å²) in [5.74, 6) is 0.858. The second kappa shape index (κ2) is 4.80. The van der Waals surface area contributed by atoms with E-state index in [0.29, 0.717) is 6.04 Å². The largest absolute Gasteiger partial charge is 0.241 e. The van der Waals surface area contributed by atoms with Crippen molar-refractivity contribution in [3.8, 4) is 0 Å². The molecule has 1 fully saturated rings. The van der Waals surface area contributed by atoms with Crippen LogP contribution in [0, 0.1) is 5.92 Å². The van der Waals surface area contributed by atoms with Gasteiger partial charge in [0.05, 0.1) is 0 Å². The summed E-state index contributed by atoms with van der Waals surface area (Å²) in [6.45, 7) is 5.69. The summed E-state index contributed by atoms with van der Waals surface area (Å²) in [6.07, 6.45) is 3.89. The Bertz CT molecular complexity index is 91.2. The third-order valence-corrected chi connectivity index (χ3v) is 2.55. The van der Waals surface area contributed by atoms with Crippen LogP contribution in [0.1, 0.15) is 33.1 Å². The highest BCUT2D eigenvalue weighted by atomic mass is 15.7. The van der Waals surface area contributed by atoms with Gasteiger partial charge in [0.15, 0.2) is 0 Å². The molecule has 0 amide bonds. The molecule has 0 radical (unpaired) electrons. The first kappa shape index (κ1) is 9.96. The Morgan fingerprint density at radius 2 is 1.92 bits per heavy atom. The molecule has 0 aromatic carbocycles. The molecule has 1 aliphatic heterocycles. The lowest BCUT2D eigenvalue weighted by atomic mass is 9.99. The van der Waals surface area contributed by atoms with Crippen LogP contribution < -0.4 is 11.0 Å². The molecule has 1 rings (SSSR count). The molecule has 1 aliphatic rings. The van der Waals surface area contributed by atoms with Gasteiger partial charge in [0.25, 0.3) is 0 Å². The van der Waals surface area contributed by atoms with Crippen LogP contribution in [-0.4, -0.2) is 24.6 Å². The Balaban J connectivity index is 2.36. The number of hydrogen-bond acceptors (Lipinski definition) is 3. The lowest BCUT2D eigenvalue weighted by Crippen LogP contribution is -2.48. The zero-order valence-corrected chi connectivity index (χ0v) is 8.43. The first-order valence-corrected chi connectivity index (χ1v) is 4.91. The fourth-order valence-electron chi connectivity index (χ4n) is 1.44. The van der Waals surface area contributed by atoms with Crippen LogP contribution in [0.15, 0.2) is 0 Å². The minimum atomic E-state index is 0.577. The van der Waals surface area contributed by atoms with Gasteiger partial charge in [-0.2, -0.15) is 5.53 Å². The molecular weight excluding hydrogens is 150 g/mol. The number of hydrazine groups is 2. The maximum absolute atomic E-state index is 3.27. The molecule has 0 saturated carbocycles. The van der Waals surface area contributed by atoms with Crippen molar-refractivity contribution in [2.24, 2.45) is 5.92 Å². The van der Waals surface area contributed by atoms with Crippen LogP contribution >= 0.6 is 0 Å². The summed E-state index contributed by atoms with van der Waals surface area (Å²) in [6, 6.07) is 0.577. The summed E-state index contributed by atoms with van der Waals surface area (Å²) in [5.41, 5.74) is 6.45. The van der Waals surface area contributed by atoms with Gasteiger partial charge in [-0.15, -0.1) is 0 Å². The molecule has 12 heavy (non-hydrogen) atoms. The molecule has 0 bridgehead atoms. The number of nitrogens with zero attached hydrogens (tertiary/aromatic N) is 1. The van der Waals surface area contributed by atoms with Gasteiger partial charge in [-0.3, -0.25) is 0 Å². The Morgan fingerprint density at radius 1 is 1.17 bits per heavy atom. The minimum Gasteiger partial charge on any atom is -0.241 e. The molecule has 0 aromatic rings. The summed E-state index contributed by atoms with van der Waals surface area (Å²) >= 11 is 0. The molecule has 3 heteroatoms. The van der Waals surface area contributed by atoms with Crippen LogP contribution in [0.4, 0.5) is 0 Å². The monoisotopic (exact) mass is 171 g/mol. The first-order chi connectivity index (χ1) is 5.68. The van der Waals surface area contributed by atoms with E-state index >= 15 is 0 Å². The smallest absolute Gasteiger partial charge is 0.0198 e. The first-order valence-electron chi connectivity index (χ1n) is 4.91. The average molecular weight is 171 g/mol. The fourth-order valence-corrected chi connectivity index (χ4v) is 1.44. The van der Waals surface area contributed by atoms with Gasteiger partial charge in [0, 0.05) is 19.6 Å². The molecule has 2 N–H and O–H groups in total. The van der Waals surface area contributed by atoms with Gasteiger partial charge in [0.2, 0.25) is 0 Å². The summed E-state index contributed by atoms with van der Waals surface area (Å²) in [4.78, 5) is 0. The number of rotatable bonds is 0. The van der Waals surface area contributed by atoms with Gasteiger partial charge in [-0.1, -0.05) is 6.92 Å². The standard InChI is InChI=1S/C9H21N3/c1-8-4-5-9(2)10-11-12(3)7-6-8/h8-11H,4-7H2,1-3H3. The van der Waals surface area contributed by atoms with Gasteiger partial charge in [0.1, 0.15) is 0 Å². The molecule has 2 atom stereocenters. The van der Waals surface area contributed by atoms with Crippen LogP contribution in [0.25, 0.3) is 0 Å². The lowest BCUT2D eigenvalue weighted by molar-refractivity contribution is 0.177. The zero-order valence-electron chi connectivity index (χ0n) is 8.43. The second-order valence-electron chi connectivity index (χ2n) is 4.05. The molecular formula is C9H21N3. The normalized spacial score (nSPS) is 35.2. The van der Waals surface area contributed by atoms with Crippen molar-refractivity contribution in [3.05, 3.63) is 0 Å². The van der Waals surface area contributed by atoms with E-state index in [-0.39, 0.29) is 0 Å². The van der Waals surface area contributed by atoms with Crippen molar-refractivity contribution in [2.45, 2.75) is 39.2 Å². The van der Waals surface area contributed by atoms with E-state index in [1.165, 1.54) is 19.3 Å². The van der Waals surface area contributed by atoms with Crippen molar-refractivity contribution < 1.29 is 0 Å². The van der Waals surface area contributed by atoms with Crippen LogP contribution in [0.5, 0.6) is 0 Å². The Hall–Kier alpha value is -0.120. The SMILES string of the molecule is CC1CCC(C)NNN(C)CC1.